The van der Waals surface area contributed by atoms with Crippen LogP contribution in [0, 0.1) is 21.7 Å². The number of fused-ring (bicyclic) bond motifs is 1. The molecule has 0 saturated heterocycles. The third-order valence-electron chi connectivity index (χ3n) is 4.22. The van der Waals surface area contributed by atoms with Crippen LogP contribution in [0.1, 0.15) is 6.42 Å². The summed E-state index contributed by atoms with van der Waals surface area (Å²) < 4.78 is 72.3. The lowest BCUT2D eigenvalue weighted by molar-refractivity contribution is -0.382. The van der Waals surface area contributed by atoms with E-state index in [2.05, 4.69) is 15.3 Å². The lowest BCUT2D eigenvalue weighted by atomic mass is 10.2. The van der Waals surface area contributed by atoms with Crippen molar-refractivity contribution in [1.29, 1.82) is 0 Å². The molecule has 0 spiro atoms. The van der Waals surface area contributed by atoms with Gasteiger partial charge in [-0.05, 0) is 30.7 Å². The molecule has 32 heavy (non-hydrogen) atoms. The molecule has 0 aliphatic carbocycles. The molecular weight excluding hydrogens is 455 g/mol. The van der Waals surface area contributed by atoms with Gasteiger partial charge in [0, 0.05) is 0 Å². The van der Waals surface area contributed by atoms with Gasteiger partial charge in [0.05, 0.1) is 41.9 Å². The van der Waals surface area contributed by atoms with Gasteiger partial charge in [-0.2, -0.15) is 0 Å². The van der Waals surface area contributed by atoms with Crippen LogP contribution in [0.2, 0.25) is 0 Å². The number of nitrogens with one attached hydrogen (secondary N) is 2. The molecule has 0 fully saturated rings. The molecule has 0 saturated carbocycles. The zero-order valence-corrected chi connectivity index (χ0v) is 17.2. The van der Waals surface area contributed by atoms with Crippen molar-refractivity contribution in [1.82, 2.24) is 9.97 Å². The average Bonchev–Trinajstić information content (AvgIpc) is 2.76. The molecule has 1 aromatic heterocycles. The predicted molar refractivity (Wildman–Crippen MR) is 110 cm³/mol. The molecule has 0 aliphatic rings. The van der Waals surface area contributed by atoms with Gasteiger partial charge in [0.2, 0.25) is 15.9 Å². The van der Waals surface area contributed by atoms with E-state index in [1.165, 1.54) is 25.4 Å². The predicted octanol–water partition coefficient (Wildman–Crippen LogP) is 3.67. The first-order valence-electron chi connectivity index (χ1n) is 8.96. The number of benzene rings is 2. The summed E-state index contributed by atoms with van der Waals surface area (Å²) >= 11 is 0. The van der Waals surface area contributed by atoms with E-state index in [1.54, 1.807) is 0 Å². The number of nitro groups is 1. The standard InChI is InChI=1S/C18H16F3N5O5S/c1-31-14-9-22-12-5-6-13(18(26(27)28)17(12)24-14)23-16-10(20)3-4-11(15(16)21)25-32(29,30)8-2-7-19/h3-6,9,23,25H,2,7-8H2,1H3. The van der Waals surface area contributed by atoms with Crippen molar-refractivity contribution >= 4 is 43.8 Å². The highest BCUT2D eigenvalue weighted by atomic mass is 32.2. The Morgan fingerprint density at radius 1 is 1.19 bits per heavy atom. The van der Waals surface area contributed by atoms with E-state index in [4.69, 9.17) is 4.74 Å². The summed E-state index contributed by atoms with van der Waals surface area (Å²) in [5, 5.41) is 14.0. The van der Waals surface area contributed by atoms with Crippen molar-refractivity contribution in [2.45, 2.75) is 6.42 Å². The Bertz CT molecular complexity index is 1290. The highest BCUT2D eigenvalue weighted by Gasteiger charge is 2.25. The number of hydrogen-bond acceptors (Lipinski definition) is 8. The van der Waals surface area contributed by atoms with E-state index in [1.807, 2.05) is 4.72 Å². The molecule has 3 rings (SSSR count). The number of hydrogen-bond donors (Lipinski definition) is 2. The molecule has 0 unspecified atom stereocenters. The van der Waals surface area contributed by atoms with Crippen LogP contribution in [0.3, 0.4) is 0 Å². The zero-order chi connectivity index (χ0) is 23.5. The number of aromatic nitrogens is 2. The Labute approximate surface area is 179 Å². The maximum absolute atomic E-state index is 14.9. The lowest BCUT2D eigenvalue weighted by Crippen LogP contribution is -2.18. The highest BCUT2D eigenvalue weighted by Crippen LogP contribution is 2.37. The summed E-state index contributed by atoms with van der Waals surface area (Å²) in [5.74, 6) is -3.11. The van der Waals surface area contributed by atoms with E-state index in [9.17, 15) is 31.7 Å². The fourth-order valence-electron chi connectivity index (χ4n) is 2.77. The zero-order valence-electron chi connectivity index (χ0n) is 16.4. The number of anilines is 3. The fourth-order valence-corrected chi connectivity index (χ4v) is 3.86. The summed E-state index contributed by atoms with van der Waals surface area (Å²) in [6.07, 6.45) is 0.939. The minimum Gasteiger partial charge on any atom is -0.480 e. The van der Waals surface area contributed by atoms with Gasteiger partial charge in [0.25, 0.3) is 0 Å². The Balaban J connectivity index is 2.07. The van der Waals surface area contributed by atoms with Gasteiger partial charge in [-0.25, -0.2) is 27.2 Å². The summed E-state index contributed by atoms with van der Waals surface area (Å²) in [5.41, 5.74) is -2.45. The van der Waals surface area contributed by atoms with Crippen LogP contribution in [0.5, 0.6) is 5.88 Å². The quantitative estimate of drug-likeness (QED) is 0.356. The topological polar surface area (TPSA) is 136 Å². The third kappa shape index (κ3) is 4.80. The second-order valence-corrected chi connectivity index (χ2v) is 8.21. The van der Waals surface area contributed by atoms with E-state index in [0.29, 0.717) is 0 Å². The van der Waals surface area contributed by atoms with Gasteiger partial charge in [-0.15, -0.1) is 0 Å². The van der Waals surface area contributed by atoms with Crippen LogP contribution in [-0.2, 0) is 10.0 Å². The second kappa shape index (κ2) is 9.21. The average molecular weight is 471 g/mol. The molecule has 0 radical (unpaired) electrons. The van der Waals surface area contributed by atoms with E-state index >= 15 is 0 Å². The Kier molecular flexibility index (Phi) is 6.62. The molecule has 2 N–H and O–H groups in total. The molecule has 0 atom stereocenters. The number of halogens is 3. The highest BCUT2D eigenvalue weighted by molar-refractivity contribution is 7.92. The summed E-state index contributed by atoms with van der Waals surface area (Å²) in [4.78, 5) is 18.9. The Hall–Kier alpha value is -3.68. The van der Waals surface area contributed by atoms with E-state index < -0.39 is 56.1 Å². The lowest BCUT2D eigenvalue weighted by Gasteiger charge is -2.14. The summed E-state index contributed by atoms with van der Waals surface area (Å²) in [6.45, 7) is -0.890. The summed E-state index contributed by atoms with van der Waals surface area (Å²) in [6, 6.07) is 4.14. The Morgan fingerprint density at radius 2 is 1.91 bits per heavy atom. The number of nitrogens with zero attached hydrogens (tertiary/aromatic N) is 3. The van der Waals surface area contributed by atoms with Gasteiger partial charge >= 0.3 is 5.69 Å². The van der Waals surface area contributed by atoms with Crippen molar-refractivity contribution in [3.8, 4) is 5.88 Å². The van der Waals surface area contributed by atoms with Crippen molar-refractivity contribution in [2.24, 2.45) is 0 Å². The summed E-state index contributed by atoms with van der Waals surface area (Å²) in [7, 11) is -2.81. The number of rotatable bonds is 9. The van der Waals surface area contributed by atoms with Gasteiger partial charge in [-0.1, -0.05) is 0 Å². The fraction of sp³-hybridized carbons (Fsp3) is 0.222. The molecule has 0 bridgehead atoms. The maximum Gasteiger partial charge on any atom is 0.320 e. The molecule has 0 amide bonds. The Morgan fingerprint density at radius 3 is 2.56 bits per heavy atom. The van der Waals surface area contributed by atoms with Crippen LogP contribution in [0.15, 0.2) is 30.5 Å². The normalized spacial score (nSPS) is 11.4. The second-order valence-electron chi connectivity index (χ2n) is 6.37. The third-order valence-corrected chi connectivity index (χ3v) is 5.58. The SMILES string of the molecule is COc1cnc2ccc(Nc3c(F)ccc(NS(=O)(=O)CCCF)c3F)c([N+](=O)[O-])c2n1. The maximum atomic E-state index is 14.9. The molecule has 170 valence electrons. The number of nitro benzene ring substituents is 1. The van der Waals surface area contributed by atoms with Crippen LogP contribution in [-0.4, -0.2) is 42.8 Å². The minimum absolute atomic E-state index is 0.0141. The first-order valence-corrected chi connectivity index (χ1v) is 10.6. The van der Waals surface area contributed by atoms with Crippen molar-refractivity contribution in [3.05, 3.63) is 52.2 Å². The largest absolute Gasteiger partial charge is 0.480 e. The number of ether oxygens (including phenoxy) is 1. The molecular formula is C18H16F3N5O5S. The molecule has 10 nitrogen and oxygen atoms in total. The van der Waals surface area contributed by atoms with Crippen molar-refractivity contribution in [2.75, 3.05) is 29.6 Å². The van der Waals surface area contributed by atoms with E-state index in [-0.39, 0.29) is 29.0 Å². The van der Waals surface area contributed by atoms with E-state index in [0.717, 1.165) is 12.1 Å². The molecule has 1 heterocycles. The van der Waals surface area contributed by atoms with Crippen LogP contribution in [0.4, 0.5) is 35.9 Å². The van der Waals surface area contributed by atoms with Gasteiger partial charge in [0.15, 0.2) is 11.3 Å². The first kappa shape index (κ1) is 23.0. The first-order chi connectivity index (χ1) is 15.2. The smallest absolute Gasteiger partial charge is 0.320 e. The van der Waals surface area contributed by atoms with Gasteiger partial charge in [-0.3, -0.25) is 19.2 Å². The van der Waals surface area contributed by atoms with Gasteiger partial charge < -0.3 is 10.1 Å². The molecule has 0 aliphatic heterocycles. The monoisotopic (exact) mass is 471 g/mol. The van der Waals surface area contributed by atoms with Crippen molar-refractivity contribution in [3.63, 3.8) is 0 Å². The number of alkyl halides is 1. The van der Waals surface area contributed by atoms with Crippen LogP contribution < -0.4 is 14.8 Å². The molecule has 2 aromatic carbocycles. The minimum atomic E-state index is -4.10. The van der Waals surface area contributed by atoms with Crippen LogP contribution in [0.25, 0.3) is 11.0 Å². The number of sulfonamides is 1. The van der Waals surface area contributed by atoms with Crippen LogP contribution >= 0.6 is 0 Å². The van der Waals surface area contributed by atoms with Gasteiger partial charge in [0.1, 0.15) is 17.2 Å². The number of methoxy groups -OCH3 is 1. The molecule has 3 aromatic rings. The van der Waals surface area contributed by atoms with Crippen molar-refractivity contribution < 1.29 is 31.2 Å². The molecule has 14 heteroatoms.